The van der Waals surface area contributed by atoms with Crippen molar-refractivity contribution in [1.29, 1.82) is 0 Å². The van der Waals surface area contributed by atoms with Gasteiger partial charge in [0.25, 0.3) is 11.5 Å². The highest BCUT2D eigenvalue weighted by molar-refractivity contribution is 6.30. The first-order valence-corrected chi connectivity index (χ1v) is 9.19. The van der Waals surface area contributed by atoms with Gasteiger partial charge in [0.05, 0.1) is 18.5 Å². The van der Waals surface area contributed by atoms with E-state index in [1.807, 2.05) is 12.1 Å². The lowest BCUT2D eigenvalue weighted by molar-refractivity contribution is 0.0946. The molecule has 0 bridgehead atoms. The number of nitrogens with one attached hydrogen (secondary N) is 2. The standard InChI is InChI=1S/C20H16ClN5O3/c21-14-5-3-13(4-6-14)15-7-8-19(27)26(25-15)10-9-22-20(28)17-12-16(23-24-17)18-2-1-11-29-18/h1-8,11-12H,9-10H2,(H,22,28)(H,23,24). The molecule has 8 nitrogen and oxygen atoms in total. The van der Waals surface area contributed by atoms with Crippen LogP contribution in [-0.2, 0) is 6.54 Å². The normalized spacial score (nSPS) is 10.8. The second kappa shape index (κ2) is 8.15. The van der Waals surface area contributed by atoms with Crippen molar-refractivity contribution in [3.63, 3.8) is 0 Å². The molecule has 0 spiro atoms. The van der Waals surface area contributed by atoms with E-state index in [9.17, 15) is 9.59 Å². The molecule has 2 N–H and O–H groups in total. The van der Waals surface area contributed by atoms with Crippen LogP contribution in [0.25, 0.3) is 22.7 Å². The Hall–Kier alpha value is -3.65. The van der Waals surface area contributed by atoms with Crippen molar-refractivity contribution >= 4 is 17.5 Å². The molecule has 0 unspecified atom stereocenters. The Kier molecular flexibility index (Phi) is 5.26. The Bertz CT molecular complexity index is 1180. The number of hydrogen-bond donors (Lipinski definition) is 2. The zero-order valence-corrected chi connectivity index (χ0v) is 15.9. The summed E-state index contributed by atoms with van der Waals surface area (Å²) in [6.45, 7) is 0.445. The average molecular weight is 410 g/mol. The van der Waals surface area contributed by atoms with Crippen LogP contribution in [0, 0.1) is 0 Å². The molecule has 9 heteroatoms. The number of rotatable bonds is 6. The van der Waals surface area contributed by atoms with Crippen molar-refractivity contribution in [3.05, 3.63) is 81.9 Å². The monoisotopic (exact) mass is 409 g/mol. The number of aromatic amines is 1. The molecule has 0 saturated carbocycles. The van der Waals surface area contributed by atoms with Crippen molar-refractivity contribution in [2.45, 2.75) is 6.54 Å². The van der Waals surface area contributed by atoms with Gasteiger partial charge in [0, 0.05) is 29.3 Å². The maximum absolute atomic E-state index is 12.3. The molecule has 1 aromatic carbocycles. The van der Waals surface area contributed by atoms with Gasteiger partial charge >= 0.3 is 0 Å². The molecule has 3 heterocycles. The third-order valence-electron chi connectivity index (χ3n) is 4.21. The molecule has 0 aliphatic carbocycles. The molecule has 29 heavy (non-hydrogen) atoms. The summed E-state index contributed by atoms with van der Waals surface area (Å²) in [6, 6.07) is 15.4. The molecule has 0 atom stereocenters. The smallest absolute Gasteiger partial charge is 0.271 e. The average Bonchev–Trinajstić information content (AvgIpc) is 3.42. The number of H-pyrrole nitrogens is 1. The fourth-order valence-corrected chi connectivity index (χ4v) is 2.87. The lowest BCUT2D eigenvalue weighted by atomic mass is 10.1. The molecule has 146 valence electrons. The van der Waals surface area contributed by atoms with Gasteiger partial charge in [-0.2, -0.15) is 10.2 Å². The predicted octanol–water partition coefficient (Wildman–Crippen LogP) is 2.98. The summed E-state index contributed by atoms with van der Waals surface area (Å²) < 4.78 is 6.57. The number of aromatic nitrogens is 4. The first kappa shape index (κ1) is 18.7. The molecular formula is C20H16ClN5O3. The highest BCUT2D eigenvalue weighted by Crippen LogP contribution is 2.19. The van der Waals surface area contributed by atoms with Gasteiger partial charge in [0.15, 0.2) is 11.5 Å². The Labute approximate surface area is 170 Å². The summed E-state index contributed by atoms with van der Waals surface area (Å²) in [5, 5.41) is 14.4. The minimum atomic E-state index is -0.360. The van der Waals surface area contributed by atoms with Crippen LogP contribution in [0.3, 0.4) is 0 Å². The largest absolute Gasteiger partial charge is 0.463 e. The highest BCUT2D eigenvalue weighted by atomic mass is 35.5. The molecule has 1 amide bonds. The Morgan fingerprint density at radius 3 is 2.76 bits per heavy atom. The van der Waals surface area contributed by atoms with E-state index >= 15 is 0 Å². The number of benzene rings is 1. The van der Waals surface area contributed by atoms with Gasteiger partial charge in [0.1, 0.15) is 5.69 Å². The Morgan fingerprint density at radius 2 is 2.00 bits per heavy atom. The van der Waals surface area contributed by atoms with E-state index < -0.39 is 0 Å². The van der Waals surface area contributed by atoms with E-state index in [2.05, 4.69) is 20.6 Å². The molecular weight excluding hydrogens is 394 g/mol. The quantitative estimate of drug-likeness (QED) is 0.509. The van der Waals surface area contributed by atoms with Crippen molar-refractivity contribution in [1.82, 2.24) is 25.3 Å². The molecule has 0 saturated heterocycles. The van der Waals surface area contributed by atoms with E-state index in [4.69, 9.17) is 16.0 Å². The minimum absolute atomic E-state index is 0.221. The summed E-state index contributed by atoms with van der Waals surface area (Å²) in [7, 11) is 0. The van der Waals surface area contributed by atoms with E-state index in [0.717, 1.165) is 5.56 Å². The third kappa shape index (κ3) is 4.27. The van der Waals surface area contributed by atoms with Crippen molar-refractivity contribution < 1.29 is 9.21 Å². The molecule has 3 aromatic heterocycles. The zero-order chi connectivity index (χ0) is 20.2. The Morgan fingerprint density at radius 1 is 1.17 bits per heavy atom. The SMILES string of the molecule is O=C(NCCn1nc(-c2ccc(Cl)cc2)ccc1=O)c1cc(-c2ccco2)[nH]n1. The number of carbonyl (C=O) groups excluding carboxylic acids is 1. The van der Waals surface area contributed by atoms with Crippen LogP contribution < -0.4 is 10.9 Å². The second-order valence-corrected chi connectivity index (χ2v) is 6.62. The fraction of sp³-hybridized carbons (Fsp3) is 0.100. The van der Waals surface area contributed by atoms with Crippen LogP contribution in [0.1, 0.15) is 10.5 Å². The van der Waals surface area contributed by atoms with Crippen LogP contribution in [0.5, 0.6) is 0 Å². The van der Waals surface area contributed by atoms with Crippen LogP contribution in [0.2, 0.25) is 5.02 Å². The number of carbonyl (C=O) groups is 1. The summed E-state index contributed by atoms with van der Waals surface area (Å²) in [5.41, 5.74) is 2.06. The fourth-order valence-electron chi connectivity index (χ4n) is 2.75. The van der Waals surface area contributed by atoms with E-state index in [-0.39, 0.29) is 30.2 Å². The second-order valence-electron chi connectivity index (χ2n) is 6.19. The summed E-state index contributed by atoms with van der Waals surface area (Å²) in [5.74, 6) is 0.229. The molecule has 4 aromatic rings. The third-order valence-corrected chi connectivity index (χ3v) is 4.46. The number of hydrogen-bond acceptors (Lipinski definition) is 5. The maximum Gasteiger partial charge on any atom is 0.271 e. The molecule has 0 fully saturated rings. The first-order valence-electron chi connectivity index (χ1n) is 8.82. The van der Waals surface area contributed by atoms with Gasteiger partial charge in [-0.05, 0) is 30.3 Å². The molecule has 0 aliphatic rings. The zero-order valence-electron chi connectivity index (χ0n) is 15.1. The van der Waals surface area contributed by atoms with E-state index in [1.54, 1.807) is 42.7 Å². The first-order chi connectivity index (χ1) is 14.1. The topological polar surface area (TPSA) is 106 Å². The van der Waals surface area contributed by atoms with Gasteiger partial charge in [-0.1, -0.05) is 23.7 Å². The van der Waals surface area contributed by atoms with Crippen LogP contribution in [0.15, 0.2) is 70.1 Å². The predicted molar refractivity (Wildman–Crippen MR) is 108 cm³/mol. The molecule has 4 rings (SSSR count). The van der Waals surface area contributed by atoms with Gasteiger partial charge in [-0.3, -0.25) is 14.7 Å². The van der Waals surface area contributed by atoms with Gasteiger partial charge in [-0.15, -0.1) is 0 Å². The maximum atomic E-state index is 12.3. The van der Waals surface area contributed by atoms with E-state index in [1.165, 1.54) is 10.7 Å². The van der Waals surface area contributed by atoms with Crippen molar-refractivity contribution in [2.24, 2.45) is 0 Å². The number of amides is 1. The van der Waals surface area contributed by atoms with Crippen molar-refractivity contribution in [2.75, 3.05) is 6.54 Å². The van der Waals surface area contributed by atoms with Crippen LogP contribution in [0.4, 0.5) is 0 Å². The summed E-state index contributed by atoms with van der Waals surface area (Å²) in [4.78, 5) is 24.4. The van der Waals surface area contributed by atoms with Crippen LogP contribution >= 0.6 is 11.6 Å². The van der Waals surface area contributed by atoms with E-state index in [0.29, 0.717) is 22.2 Å². The van der Waals surface area contributed by atoms with Gasteiger partial charge in [-0.25, -0.2) is 4.68 Å². The molecule has 0 radical (unpaired) electrons. The summed E-state index contributed by atoms with van der Waals surface area (Å²) >= 11 is 5.91. The highest BCUT2D eigenvalue weighted by Gasteiger charge is 2.12. The molecule has 0 aliphatic heterocycles. The number of furan rings is 1. The summed E-state index contributed by atoms with van der Waals surface area (Å²) in [6.07, 6.45) is 1.54. The minimum Gasteiger partial charge on any atom is -0.463 e. The lowest BCUT2D eigenvalue weighted by Gasteiger charge is -2.08. The van der Waals surface area contributed by atoms with Gasteiger partial charge < -0.3 is 9.73 Å². The number of nitrogens with zero attached hydrogens (tertiary/aromatic N) is 3. The lowest BCUT2D eigenvalue weighted by Crippen LogP contribution is -2.32. The number of halogens is 1. The Balaban J connectivity index is 1.40. The van der Waals surface area contributed by atoms with Crippen LogP contribution in [-0.4, -0.2) is 32.4 Å². The van der Waals surface area contributed by atoms with Crippen molar-refractivity contribution in [3.8, 4) is 22.7 Å². The van der Waals surface area contributed by atoms with Gasteiger partial charge in [0.2, 0.25) is 0 Å².